The highest BCUT2D eigenvalue weighted by atomic mass is 19.1. The molecule has 3 aromatic rings. The molecule has 0 N–H and O–H groups in total. The molecule has 0 unspecified atom stereocenters. The van der Waals surface area contributed by atoms with Gasteiger partial charge in [0, 0.05) is 7.05 Å². The van der Waals surface area contributed by atoms with Crippen molar-refractivity contribution in [1.82, 2.24) is 9.55 Å². The Morgan fingerprint density at radius 2 is 1.90 bits per heavy atom. The van der Waals surface area contributed by atoms with Crippen molar-refractivity contribution in [3.05, 3.63) is 76.1 Å². The SMILES string of the molecule is Cn1c(/C=C/c2cccc(F)c2)nc2ccccc2c1=O. The van der Waals surface area contributed by atoms with Crippen LogP contribution in [-0.4, -0.2) is 9.55 Å². The minimum atomic E-state index is -0.294. The van der Waals surface area contributed by atoms with Crippen LogP contribution in [0.25, 0.3) is 23.1 Å². The van der Waals surface area contributed by atoms with E-state index < -0.39 is 0 Å². The van der Waals surface area contributed by atoms with Gasteiger partial charge in [-0.2, -0.15) is 0 Å². The fourth-order valence-electron chi connectivity index (χ4n) is 2.17. The highest BCUT2D eigenvalue weighted by Crippen LogP contribution is 2.11. The molecule has 0 aliphatic rings. The molecule has 1 aromatic heterocycles. The minimum Gasteiger partial charge on any atom is -0.296 e. The first kappa shape index (κ1) is 13.2. The molecule has 0 aliphatic heterocycles. The van der Waals surface area contributed by atoms with Crippen LogP contribution in [0.3, 0.4) is 0 Å². The van der Waals surface area contributed by atoms with Crippen molar-refractivity contribution in [1.29, 1.82) is 0 Å². The summed E-state index contributed by atoms with van der Waals surface area (Å²) in [4.78, 5) is 16.7. The van der Waals surface area contributed by atoms with E-state index in [1.165, 1.54) is 16.7 Å². The number of fused-ring (bicyclic) bond motifs is 1. The molecule has 0 aliphatic carbocycles. The summed E-state index contributed by atoms with van der Waals surface area (Å²) in [6, 6.07) is 13.5. The number of aromatic nitrogens is 2. The van der Waals surface area contributed by atoms with Crippen LogP contribution in [0.1, 0.15) is 11.4 Å². The summed E-state index contributed by atoms with van der Waals surface area (Å²) in [5.74, 6) is 0.237. The van der Waals surface area contributed by atoms with Crippen LogP contribution in [0.2, 0.25) is 0 Å². The molecule has 1 heterocycles. The third kappa shape index (κ3) is 2.60. The lowest BCUT2D eigenvalue weighted by Crippen LogP contribution is -2.20. The first-order valence-electron chi connectivity index (χ1n) is 6.54. The van der Waals surface area contributed by atoms with E-state index in [9.17, 15) is 9.18 Å². The molecule has 2 aromatic carbocycles. The molecule has 21 heavy (non-hydrogen) atoms. The van der Waals surface area contributed by atoms with Gasteiger partial charge in [0.1, 0.15) is 11.6 Å². The van der Waals surface area contributed by atoms with Gasteiger partial charge < -0.3 is 0 Å². The number of hydrogen-bond acceptors (Lipinski definition) is 2. The van der Waals surface area contributed by atoms with Gasteiger partial charge in [0.05, 0.1) is 10.9 Å². The smallest absolute Gasteiger partial charge is 0.261 e. The maximum atomic E-state index is 13.1. The first-order valence-corrected chi connectivity index (χ1v) is 6.54. The van der Waals surface area contributed by atoms with Crippen LogP contribution in [0, 0.1) is 5.82 Å². The van der Waals surface area contributed by atoms with Gasteiger partial charge in [0.2, 0.25) is 0 Å². The molecule has 3 nitrogen and oxygen atoms in total. The normalized spacial score (nSPS) is 11.3. The van der Waals surface area contributed by atoms with E-state index in [2.05, 4.69) is 4.98 Å². The van der Waals surface area contributed by atoms with E-state index in [0.717, 1.165) is 5.56 Å². The summed E-state index contributed by atoms with van der Waals surface area (Å²) in [5.41, 5.74) is 1.27. The van der Waals surface area contributed by atoms with Crippen molar-refractivity contribution in [2.24, 2.45) is 7.05 Å². The van der Waals surface area contributed by atoms with Gasteiger partial charge in [-0.05, 0) is 35.9 Å². The molecule has 104 valence electrons. The van der Waals surface area contributed by atoms with Gasteiger partial charge in [-0.15, -0.1) is 0 Å². The number of hydrogen-bond donors (Lipinski definition) is 0. The van der Waals surface area contributed by atoms with Gasteiger partial charge in [0.25, 0.3) is 5.56 Å². The molecule has 0 spiro atoms. The lowest BCUT2D eigenvalue weighted by molar-refractivity contribution is 0.627. The number of halogens is 1. The van der Waals surface area contributed by atoms with Crippen molar-refractivity contribution in [3.8, 4) is 0 Å². The Labute approximate surface area is 121 Å². The topological polar surface area (TPSA) is 34.9 Å². The third-order valence-corrected chi connectivity index (χ3v) is 3.29. The van der Waals surface area contributed by atoms with Crippen molar-refractivity contribution >= 4 is 23.1 Å². The molecular formula is C17H13FN2O. The summed E-state index contributed by atoms with van der Waals surface area (Å²) in [7, 11) is 1.67. The molecule has 3 rings (SSSR count). The summed E-state index contributed by atoms with van der Waals surface area (Å²) >= 11 is 0. The summed E-state index contributed by atoms with van der Waals surface area (Å²) in [6.07, 6.45) is 3.45. The van der Waals surface area contributed by atoms with Gasteiger partial charge in [0.15, 0.2) is 0 Å². The molecule has 0 atom stereocenters. The van der Waals surface area contributed by atoms with Gasteiger partial charge in [-0.25, -0.2) is 9.37 Å². The number of nitrogens with zero attached hydrogens (tertiary/aromatic N) is 2. The second-order valence-electron chi connectivity index (χ2n) is 4.74. The predicted molar refractivity (Wildman–Crippen MR) is 82.3 cm³/mol. The van der Waals surface area contributed by atoms with Crippen LogP contribution >= 0.6 is 0 Å². The van der Waals surface area contributed by atoms with E-state index in [-0.39, 0.29) is 11.4 Å². The largest absolute Gasteiger partial charge is 0.296 e. The Balaban J connectivity index is 2.09. The van der Waals surface area contributed by atoms with Crippen molar-refractivity contribution in [2.45, 2.75) is 0 Å². The number of para-hydroxylation sites is 1. The monoisotopic (exact) mass is 280 g/mol. The average Bonchev–Trinajstić information content (AvgIpc) is 2.50. The summed E-state index contributed by atoms with van der Waals surface area (Å²) < 4.78 is 14.6. The quantitative estimate of drug-likeness (QED) is 0.722. The molecule has 0 radical (unpaired) electrons. The first-order chi connectivity index (χ1) is 10.1. The van der Waals surface area contributed by atoms with Crippen molar-refractivity contribution in [3.63, 3.8) is 0 Å². The second-order valence-corrected chi connectivity index (χ2v) is 4.74. The van der Waals surface area contributed by atoms with E-state index in [1.54, 1.807) is 43.5 Å². The van der Waals surface area contributed by atoms with E-state index >= 15 is 0 Å². The highest BCUT2D eigenvalue weighted by Gasteiger charge is 2.05. The predicted octanol–water partition coefficient (Wildman–Crippen LogP) is 3.24. The van der Waals surface area contributed by atoms with E-state index in [4.69, 9.17) is 0 Å². The van der Waals surface area contributed by atoms with Crippen LogP contribution in [-0.2, 0) is 7.05 Å². The molecule has 0 bridgehead atoms. The molecule has 0 amide bonds. The Bertz CT molecular complexity index is 897. The van der Waals surface area contributed by atoms with Crippen molar-refractivity contribution in [2.75, 3.05) is 0 Å². The lowest BCUT2D eigenvalue weighted by Gasteiger charge is -2.05. The molecule has 4 heteroatoms. The summed E-state index contributed by atoms with van der Waals surface area (Å²) in [5, 5.41) is 0.586. The minimum absolute atomic E-state index is 0.0977. The number of benzene rings is 2. The highest BCUT2D eigenvalue weighted by molar-refractivity contribution is 5.79. The van der Waals surface area contributed by atoms with Crippen LogP contribution in [0.5, 0.6) is 0 Å². The van der Waals surface area contributed by atoms with Gasteiger partial charge >= 0.3 is 0 Å². The van der Waals surface area contributed by atoms with Gasteiger partial charge in [-0.1, -0.05) is 30.3 Å². The molecule has 0 saturated carbocycles. The van der Waals surface area contributed by atoms with Crippen LogP contribution < -0.4 is 5.56 Å². The molecule has 0 saturated heterocycles. The third-order valence-electron chi connectivity index (χ3n) is 3.29. The standard InChI is InChI=1S/C17H13FN2O/c1-20-16(10-9-12-5-4-6-13(18)11-12)19-15-8-3-2-7-14(15)17(20)21/h2-11H,1H3/b10-9+. The zero-order valence-corrected chi connectivity index (χ0v) is 11.5. The zero-order chi connectivity index (χ0) is 14.8. The Morgan fingerprint density at radius 3 is 2.71 bits per heavy atom. The molecular weight excluding hydrogens is 267 g/mol. The van der Waals surface area contributed by atoms with E-state index in [1.807, 2.05) is 12.1 Å². The fourth-order valence-corrected chi connectivity index (χ4v) is 2.17. The summed E-state index contributed by atoms with van der Waals surface area (Å²) in [6.45, 7) is 0. The zero-order valence-electron chi connectivity index (χ0n) is 11.5. The van der Waals surface area contributed by atoms with E-state index in [0.29, 0.717) is 16.7 Å². The lowest BCUT2D eigenvalue weighted by atomic mass is 10.2. The van der Waals surface area contributed by atoms with Crippen LogP contribution in [0.15, 0.2) is 53.3 Å². The molecule has 0 fully saturated rings. The van der Waals surface area contributed by atoms with Crippen LogP contribution in [0.4, 0.5) is 4.39 Å². The van der Waals surface area contributed by atoms with Gasteiger partial charge in [-0.3, -0.25) is 9.36 Å². The average molecular weight is 280 g/mol. The Kier molecular flexibility index (Phi) is 3.36. The number of rotatable bonds is 2. The second kappa shape index (κ2) is 5.32. The Hall–Kier alpha value is -2.75. The maximum Gasteiger partial charge on any atom is 0.261 e. The fraction of sp³-hybridized carbons (Fsp3) is 0.0588. The Morgan fingerprint density at radius 1 is 1.10 bits per heavy atom. The maximum absolute atomic E-state index is 13.1. The van der Waals surface area contributed by atoms with Crippen molar-refractivity contribution < 1.29 is 4.39 Å².